The van der Waals surface area contributed by atoms with Crippen molar-refractivity contribution in [2.75, 3.05) is 11.5 Å². The minimum atomic E-state index is 0.0218. The third kappa shape index (κ3) is 2.91. The quantitative estimate of drug-likeness (QED) is 0.543. The Balaban J connectivity index is 1.36. The number of fused-ring (bicyclic) bond motifs is 1. The fourth-order valence-corrected chi connectivity index (χ4v) is 3.54. The summed E-state index contributed by atoms with van der Waals surface area (Å²) in [6, 6.07) is 15.7. The molecule has 0 amide bonds. The van der Waals surface area contributed by atoms with Gasteiger partial charge in [-0.15, -0.1) is 10.2 Å². The van der Waals surface area contributed by atoms with Gasteiger partial charge in [-0.1, -0.05) is 35.5 Å². The average Bonchev–Trinajstić information content (AvgIpc) is 3.49. The molecule has 2 aromatic carbocycles. The Bertz CT molecular complexity index is 1080. The lowest BCUT2D eigenvalue weighted by atomic mass is 10.1. The van der Waals surface area contributed by atoms with Crippen LogP contribution in [0.2, 0.25) is 0 Å². The minimum Gasteiger partial charge on any atom is -0.394 e. The third-order valence-corrected chi connectivity index (χ3v) is 4.92. The monoisotopic (exact) mass is 375 g/mol. The van der Waals surface area contributed by atoms with Gasteiger partial charge in [0.15, 0.2) is 5.82 Å². The van der Waals surface area contributed by atoms with Crippen molar-refractivity contribution in [2.45, 2.75) is 19.0 Å². The molecule has 140 valence electrons. The number of rotatable bonds is 5. The van der Waals surface area contributed by atoms with E-state index in [1.165, 1.54) is 5.56 Å². The fourth-order valence-electron chi connectivity index (χ4n) is 3.54. The zero-order valence-corrected chi connectivity index (χ0v) is 14.9. The molecule has 0 spiro atoms. The first-order valence-electron chi connectivity index (χ1n) is 8.94. The van der Waals surface area contributed by atoms with Gasteiger partial charge in [0, 0.05) is 16.8 Å². The number of H-pyrrole nitrogens is 1. The van der Waals surface area contributed by atoms with Crippen LogP contribution in [-0.2, 0) is 13.0 Å². The normalized spacial score (nSPS) is 15.8. The minimum absolute atomic E-state index is 0.0218. The summed E-state index contributed by atoms with van der Waals surface area (Å²) in [5, 5.41) is 27.8. The van der Waals surface area contributed by atoms with Gasteiger partial charge in [0.2, 0.25) is 5.82 Å². The van der Waals surface area contributed by atoms with E-state index in [1.807, 2.05) is 36.4 Å². The summed E-state index contributed by atoms with van der Waals surface area (Å²) in [5.74, 6) is 1.55. The maximum absolute atomic E-state index is 9.75. The van der Waals surface area contributed by atoms with E-state index in [1.54, 1.807) is 0 Å². The molecule has 4 aromatic rings. The van der Waals surface area contributed by atoms with Gasteiger partial charge in [0.1, 0.15) is 0 Å². The van der Waals surface area contributed by atoms with Crippen molar-refractivity contribution < 1.29 is 9.63 Å². The molecule has 9 nitrogen and oxygen atoms in total. The molecular weight excluding hydrogens is 358 g/mol. The second kappa shape index (κ2) is 6.86. The molecule has 3 heterocycles. The van der Waals surface area contributed by atoms with E-state index in [0.717, 1.165) is 23.2 Å². The molecule has 28 heavy (non-hydrogen) atoms. The number of nitrogens with one attached hydrogen (secondary N) is 1. The molecule has 2 N–H and O–H groups in total. The van der Waals surface area contributed by atoms with E-state index >= 15 is 0 Å². The highest BCUT2D eigenvalue weighted by Gasteiger charge is 2.29. The Hall–Kier alpha value is -3.59. The molecule has 2 aromatic heterocycles. The Morgan fingerprint density at radius 3 is 2.71 bits per heavy atom. The lowest BCUT2D eigenvalue weighted by Gasteiger charge is -2.24. The molecule has 9 heteroatoms. The average molecular weight is 375 g/mol. The number of benzene rings is 2. The van der Waals surface area contributed by atoms with Crippen molar-refractivity contribution in [2.24, 2.45) is 0 Å². The van der Waals surface area contributed by atoms with Gasteiger partial charge in [0.05, 0.1) is 19.2 Å². The van der Waals surface area contributed by atoms with Crippen LogP contribution in [0.1, 0.15) is 11.4 Å². The summed E-state index contributed by atoms with van der Waals surface area (Å²) >= 11 is 0. The molecule has 0 bridgehead atoms. The third-order valence-electron chi connectivity index (χ3n) is 4.92. The summed E-state index contributed by atoms with van der Waals surface area (Å²) < 4.78 is 5.45. The Kier molecular flexibility index (Phi) is 4.06. The van der Waals surface area contributed by atoms with Gasteiger partial charge in [0.25, 0.3) is 5.89 Å². The highest BCUT2D eigenvalue weighted by molar-refractivity contribution is 5.62. The second-order valence-electron chi connectivity index (χ2n) is 6.63. The standard InChI is InChI=1S/C19H17N7O2/c27-11-15-9-14-3-1-2-4-16(14)26(15)10-17-20-19(28-23-17)13-7-5-12(6-8-13)18-21-24-25-22-18/h1-8,15,27H,9-11H2,(H,21,22,24,25)/t15-/m1/s1. The Labute approximate surface area is 160 Å². The lowest BCUT2D eigenvalue weighted by Crippen LogP contribution is -2.34. The molecule has 0 saturated heterocycles. The summed E-state index contributed by atoms with van der Waals surface area (Å²) in [6.07, 6.45) is 0.814. The lowest BCUT2D eigenvalue weighted by molar-refractivity contribution is 0.261. The van der Waals surface area contributed by atoms with E-state index in [-0.39, 0.29) is 12.6 Å². The summed E-state index contributed by atoms with van der Waals surface area (Å²) in [5.41, 5.74) is 3.99. The molecule has 1 aliphatic rings. The van der Waals surface area contributed by atoms with E-state index in [0.29, 0.717) is 24.1 Å². The topological polar surface area (TPSA) is 117 Å². The molecular formula is C19H17N7O2. The zero-order chi connectivity index (χ0) is 18.9. The van der Waals surface area contributed by atoms with Gasteiger partial charge < -0.3 is 14.5 Å². The second-order valence-corrected chi connectivity index (χ2v) is 6.63. The summed E-state index contributed by atoms with van der Waals surface area (Å²) in [7, 11) is 0. The zero-order valence-electron chi connectivity index (χ0n) is 14.9. The largest absolute Gasteiger partial charge is 0.394 e. The SMILES string of the molecule is OC[C@H]1Cc2ccccc2N1Cc1noc(-c2ccc(-c3nn[nH]n3)cc2)n1. The maximum Gasteiger partial charge on any atom is 0.257 e. The van der Waals surface area contributed by atoms with Gasteiger partial charge in [-0.05, 0) is 35.4 Å². The molecule has 0 saturated carbocycles. The Morgan fingerprint density at radius 1 is 1.11 bits per heavy atom. The number of aliphatic hydroxyl groups is 1. The first kappa shape index (κ1) is 16.6. The number of hydrogen-bond acceptors (Lipinski definition) is 8. The molecule has 0 radical (unpaired) electrons. The maximum atomic E-state index is 9.75. The highest BCUT2D eigenvalue weighted by atomic mass is 16.5. The van der Waals surface area contributed by atoms with Crippen molar-refractivity contribution in [1.29, 1.82) is 0 Å². The van der Waals surface area contributed by atoms with E-state index < -0.39 is 0 Å². The number of hydrogen-bond donors (Lipinski definition) is 2. The van der Waals surface area contributed by atoms with Crippen molar-refractivity contribution in [1.82, 2.24) is 30.8 Å². The number of aromatic amines is 1. The van der Waals surface area contributed by atoms with Crippen LogP contribution in [0.5, 0.6) is 0 Å². The van der Waals surface area contributed by atoms with Crippen LogP contribution in [0.25, 0.3) is 22.8 Å². The summed E-state index contributed by atoms with van der Waals surface area (Å²) in [4.78, 5) is 6.66. The predicted molar refractivity (Wildman–Crippen MR) is 100 cm³/mol. The number of nitrogens with zero attached hydrogens (tertiary/aromatic N) is 6. The molecule has 0 unspecified atom stereocenters. The van der Waals surface area contributed by atoms with Crippen LogP contribution in [0.4, 0.5) is 5.69 Å². The number of anilines is 1. The molecule has 5 rings (SSSR count). The van der Waals surface area contributed by atoms with Crippen LogP contribution >= 0.6 is 0 Å². The van der Waals surface area contributed by atoms with Crippen LogP contribution in [-0.4, -0.2) is 48.5 Å². The van der Waals surface area contributed by atoms with Crippen molar-refractivity contribution in [3.05, 3.63) is 59.9 Å². The fraction of sp³-hybridized carbons (Fsp3) is 0.211. The molecule has 0 aliphatic carbocycles. The van der Waals surface area contributed by atoms with Gasteiger partial charge in [-0.25, -0.2) is 0 Å². The van der Waals surface area contributed by atoms with Crippen molar-refractivity contribution >= 4 is 5.69 Å². The van der Waals surface area contributed by atoms with Gasteiger partial charge >= 0.3 is 0 Å². The summed E-state index contributed by atoms with van der Waals surface area (Å²) in [6.45, 7) is 0.559. The first-order chi connectivity index (χ1) is 13.8. The number of aliphatic hydroxyl groups excluding tert-OH is 1. The van der Waals surface area contributed by atoms with E-state index in [4.69, 9.17) is 4.52 Å². The molecule has 0 fully saturated rings. The van der Waals surface area contributed by atoms with Crippen LogP contribution < -0.4 is 4.90 Å². The van der Waals surface area contributed by atoms with Crippen LogP contribution in [0, 0.1) is 0 Å². The van der Waals surface area contributed by atoms with E-state index in [2.05, 4.69) is 47.8 Å². The van der Waals surface area contributed by atoms with Crippen molar-refractivity contribution in [3.63, 3.8) is 0 Å². The van der Waals surface area contributed by atoms with E-state index in [9.17, 15) is 5.11 Å². The highest BCUT2D eigenvalue weighted by Crippen LogP contribution is 2.33. The number of tetrazole rings is 1. The Morgan fingerprint density at radius 2 is 1.93 bits per heavy atom. The van der Waals surface area contributed by atoms with Gasteiger partial charge in [-0.3, -0.25) is 0 Å². The smallest absolute Gasteiger partial charge is 0.257 e. The molecule has 1 aliphatic heterocycles. The molecule has 1 atom stereocenters. The van der Waals surface area contributed by atoms with Crippen LogP contribution in [0.15, 0.2) is 53.1 Å². The predicted octanol–water partition coefficient (Wildman–Crippen LogP) is 1.84. The van der Waals surface area contributed by atoms with Gasteiger partial charge in [-0.2, -0.15) is 10.2 Å². The van der Waals surface area contributed by atoms with Crippen molar-refractivity contribution in [3.8, 4) is 22.8 Å². The number of para-hydroxylation sites is 1. The first-order valence-corrected chi connectivity index (χ1v) is 8.94. The van der Waals surface area contributed by atoms with Crippen LogP contribution in [0.3, 0.4) is 0 Å². The number of aromatic nitrogens is 6.